The molecule has 2 aromatic rings. The molecule has 0 saturated carbocycles. The zero-order valence-corrected chi connectivity index (χ0v) is 19.8. The lowest BCUT2D eigenvalue weighted by Crippen LogP contribution is -2.38. The molecule has 0 spiro atoms. The van der Waals surface area contributed by atoms with Crippen molar-refractivity contribution < 1.29 is 4.74 Å². The van der Waals surface area contributed by atoms with E-state index in [9.17, 15) is 0 Å². The average Bonchev–Trinajstić information content (AvgIpc) is 3.07. The zero-order chi connectivity index (χ0) is 19.1. The Labute approximate surface area is 186 Å². The van der Waals surface area contributed by atoms with Gasteiger partial charge in [-0.3, -0.25) is 0 Å². The SMILES string of the molecule is COCCCNC(=NCc1cc(Cl)c(Cl)n1C)NCc1nnc(C)n1C.I. The molecule has 0 unspecified atom stereocenters. The van der Waals surface area contributed by atoms with Gasteiger partial charge in [0.2, 0.25) is 0 Å². The summed E-state index contributed by atoms with van der Waals surface area (Å²) in [6.07, 6.45) is 0.877. The minimum Gasteiger partial charge on any atom is -0.385 e. The first-order valence-corrected chi connectivity index (χ1v) is 9.05. The molecule has 152 valence electrons. The van der Waals surface area contributed by atoms with Gasteiger partial charge in [0.15, 0.2) is 11.8 Å². The summed E-state index contributed by atoms with van der Waals surface area (Å²) in [6.45, 7) is 4.30. The van der Waals surface area contributed by atoms with Crippen molar-refractivity contribution >= 4 is 53.1 Å². The van der Waals surface area contributed by atoms with E-state index in [1.54, 1.807) is 7.11 Å². The van der Waals surface area contributed by atoms with Crippen LogP contribution in [0, 0.1) is 6.92 Å². The van der Waals surface area contributed by atoms with Crippen LogP contribution in [-0.4, -0.2) is 45.6 Å². The normalized spacial score (nSPS) is 11.4. The second-order valence-corrected chi connectivity index (χ2v) is 6.61. The molecule has 0 bridgehead atoms. The summed E-state index contributed by atoms with van der Waals surface area (Å²) in [6, 6.07) is 1.82. The minimum absolute atomic E-state index is 0. The number of guanidine groups is 1. The number of ether oxygens (including phenoxy) is 1. The highest BCUT2D eigenvalue weighted by atomic mass is 127. The van der Waals surface area contributed by atoms with Crippen LogP contribution in [0.5, 0.6) is 0 Å². The summed E-state index contributed by atoms with van der Waals surface area (Å²) in [7, 11) is 5.48. The third-order valence-corrected chi connectivity index (χ3v) is 4.87. The fourth-order valence-corrected chi connectivity index (χ4v) is 2.68. The van der Waals surface area contributed by atoms with Crippen molar-refractivity contribution in [2.24, 2.45) is 19.1 Å². The summed E-state index contributed by atoms with van der Waals surface area (Å²) >= 11 is 12.2. The maximum absolute atomic E-state index is 6.11. The van der Waals surface area contributed by atoms with E-state index >= 15 is 0 Å². The smallest absolute Gasteiger partial charge is 0.192 e. The number of halogens is 3. The number of nitrogens with zero attached hydrogens (tertiary/aromatic N) is 5. The minimum atomic E-state index is 0. The highest BCUT2D eigenvalue weighted by molar-refractivity contribution is 14.0. The van der Waals surface area contributed by atoms with Crippen LogP contribution in [0.25, 0.3) is 0 Å². The van der Waals surface area contributed by atoms with Crippen LogP contribution in [0.2, 0.25) is 10.2 Å². The van der Waals surface area contributed by atoms with E-state index in [0.29, 0.717) is 35.8 Å². The summed E-state index contributed by atoms with van der Waals surface area (Å²) < 4.78 is 8.84. The van der Waals surface area contributed by atoms with Crippen molar-refractivity contribution in [3.8, 4) is 0 Å². The van der Waals surface area contributed by atoms with Gasteiger partial charge in [-0.25, -0.2) is 4.99 Å². The Balaban J connectivity index is 0.00000364. The monoisotopic (exact) mass is 529 g/mol. The molecule has 0 fully saturated rings. The Morgan fingerprint density at radius 2 is 1.96 bits per heavy atom. The van der Waals surface area contributed by atoms with Crippen molar-refractivity contribution in [1.29, 1.82) is 0 Å². The summed E-state index contributed by atoms with van der Waals surface area (Å²) in [5.41, 5.74) is 0.924. The molecular weight excluding hydrogens is 504 g/mol. The van der Waals surface area contributed by atoms with Gasteiger partial charge >= 0.3 is 0 Å². The quantitative estimate of drug-likeness (QED) is 0.238. The number of aliphatic imine (C=N–C) groups is 1. The fraction of sp³-hybridized carbons (Fsp3) is 0.562. The van der Waals surface area contributed by atoms with Crippen molar-refractivity contribution in [1.82, 2.24) is 30.0 Å². The van der Waals surface area contributed by atoms with Crippen molar-refractivity contribution in [3.05, 3.63) is 33.6 Å². The first-order chi connectivity index (χ1) is 12.4. The predicted octanol–water partition coefficient (Wildman–Crippen LogP) is 2.66. The lowest BCUT2D eigenvalue weighted by Gasteiger charge is -2.12. The van der Waals surface area contributed by atoms with E-state index in [4.69, 9.17) is 27.9 Å². The Kier molecular flexibility index (Phi) is 10.4. The summed E-state index contributed by atoms with van der Waals surface area (Å²) in [5.74, 6) is 2.37. The van der Waals surface area contributed by atoms with E-state index in [1.807, 2.05) is 36.2 Å². The third kappa shape index (κ3) is 6.81. The average molecular weight is 530 g/mol. The molecule has 2 heterocycles. The lowest BCUT2D eigenvalue weighted by molar-refractivity contribution is 0.195. The van der Waals surface area contributed by atoms with Crippen molar-refractivity contribution in [2.45, 2.75) is 26.4 Å². The van der Waals surface area contributed by atoms with E-state index in [-0.39, 0.29) is 24.0 Å². The van der Waals surface area contributed by atoms with Crippen LogP contribution in [0.15, 0.2) is 11.1 Å². The molecule has 0 aliphatic heterocycles. The molecule has 0 saturated heterocycles. The molecule has 2 N–H and O–H groups in total. The van der Waals surface area contributed by atoms with E-state index in [2.05, 4.69) is 25.8 Å². The molecule has 2 aromatic heterocycles. The number of aryl methyl sites for hydroxylation is 1. The van der Waals surface area contributed by atoms with Gasteiger partial charge in [0.05, 0.1) is 18.1 Å². The van der Waals surface area contributed by atoms with E-state index < -0.39 is 0 Å². The molecule has 27 heavy (non-hydrogen) atoms. The van der Waals surface area contributed by atoms with Gasteiger partial charge in [0.1, 0.15) is 11.0 Å². The van der Waals surface area contributed by atoms with Crippen LogP contribution < -0.4 is 10.6 Å². The van der Waals surface area contributed by atoms with Gasteiger partial charge < -0.3 is 24.5 Å². The van der Waals surface area contributed by atoms with Gasteiger partial charge in [-0.15, -0.1) is 34.2 Å². The lowest BCUT2D eigenvalue weighted by atomic mass is 10.4. The van der Waals surface area contributed by atoms with Crippen LogP contribution in [0.1, 0.15) is 23.8 Å². The zero-order valence-electron chi connectivity index (χ0n) is 15.9. The Bertz CT molecular complexity index is 760. The molecule has 2 rings (SSSR count). The van der Waals surface area contributed by atoms with Gasteiger partial charge in [-0.1, -0.05) is 23.2 Å². The number of methoxy groups -OCH3 is 1. The number of rotatable bonds is 8. The van der Waals surface area contributed by atoms with Crippen molar-refractivity contribution in [3.63, 3.8) is 0 Å². The predicted molar refractivity (Wildman–Crippen MR) is 119 cm³/mol. The topological polar surface area (TPSA) is 81.3 Å². The molecular formula is C16H26Cl2IN7O. The molecule has 0 atom stereocenters. The maximum Gasteiger partial charge on any atom is 0.192 e. The molecule has 0 aromatic carbocycles. The number of nitrogens with one attached hydrogen (secondary N) is 2. The first-order valence-electron chi connectivity index (χ1n) is 8.29. The molecule has 0 radical (unpaired) electrons. The third-order valence-electron chi connectivity index (χ3n) is 4.03. The summed E-state index contributed by atoms with van der Waals surface area (Å²) in [5, 5.41) is 15.8. The van der Waals surface area contributed by atoms with Crippen molar-refractivity contribution in [2.75, 3.05) is 20.3 Å². The van der Waals surface area contributed by atoms with Crippen LogP contribution in [0.4, 0.5) is 0 Å². The van der Waals surface area contributed by atoms with Gasteiger partial charge in [-0.2, -0.15) is 0 Å². The fourth-order valence-electron chi connectivity index (χ4n) is 2.27. The highest BCUT2D eigenvalue weighted by Crippen LogP contribution is 2.25. The largest absolute Gasteiger partial charge is 0.385 e. The van der Waals surface area contributed by atoms with E-state index in [0.717, 1.165) is 30.3 Å². The first kappa shape index (κ1) is 24.0. The molecule has 8 nitrogen and oxygen atoms in total. The second-order valence-electron chi connectivity index (χ2n) is 5.85. The Hall–Kier alpha value is -1.04. The Morgan fingerprint density at radius 3 is 2.52 bits per heavy atom. The van der Waals surface area contributed by atoms with Gasteiger partial charge in [0, 0.05) is 40.1 Å². The van der Waals surface area contributed by atoms with Crippen LogP contribution >= 0.6 is 47.2 Å². The second kappa shape index (κ2) is 11.7. The Morgan fingerprint density at radius 1 is 1.22 bits per heavy atom. The number of aromatic nitrogens is 4. The maximum atomic E-state index is 6.11. The molecule has 0 aliphatic carbocycles. The van der Waals surface area contributed by atoms with Crippen LogP contribution in [-0.2, 0) is 31.9 Å². The molecule has 0 amide bonds. The summed E-state index contributed by atoms with van der Waals surface area (Å²) in [4.78, 5) is 4.62. The van der Waals surface area contributed by atoms with E-state index in [1.165, 1.54) is 0 Å². The van der Waals surface area contributed by atoms with Crippen LogP contribution in [0.3, 0.4) is 0 Å². The molecule has 11 heteroatoms. The standard InChI is InChI=1S/C16H25Cl2N7O.HI/c1-11-22-23-14(24(11)2)10-21-16(19-6-5-7-26-4)20-9-12-8-13(17)15(18)25(12)3;/h8H,5-7,9-10H2,1-4H3,(H2,19,20,21);1H. The van der Waals surface area contributed by atoms with Gasteiger partial charge in [0.25, 0.3) is 0 Å². The highest BCUT2D eigenvalue weighted by Gasteiger charge is 2.10. The molecule has 0 aliphatic rings. The number of hydrogen-bond acceptors (Lipinski definition) is 4. The van der Waals surface area contributed by atoms with Gasteiger partial charge in [-0.05, 0) is 19.4 Å². The number of hydrogen-bond donors (Lipinski definition) is 2.